The van der Waals surface area contributed by atoms with E-state index in [1.807, 2.05) is 87.6 Å². The second-order valence-corrected chi connectivity index (χ2v) is 19.2. The maximum atomic E-state index is 12.9. The summed E-state index contributed by atoms with van der Waals surface area (Å²) >= 11 is 1.27. The highest BCUT2D eigenvalue weighted by Crippen LogP contribution is 2.35. The standard InChI is InChI=1S/C10H10F3NO2.C10H12F3NO.C9H10F2.C8H9F3N2.C8H10F2OS.C7H9N3/c1-6(2)7-3-8(10(11,12)13)5-9(4-7)14(15)16;1-7(2)8-3-4-9(14-5-8)15-6-10(11,12)13;1-6(2)8-4-3-7(10)5-9(8)11;1-5(2)6-3-13-7(4-12-6)8(9,10)11;1-5(2)6-3-4-7(12-6)11-8(9)10;1-6(2)10-4-3-7(5-8)9-10/h3-6H,1-2H3;3-5,7H,6H2,1-2H3;3-6H,1-2H3;3-5H,1-2H3;3-5,8H,1-2H3;3-4,6H,1-2H3. The maximum Gasteiger partial charge on any atom is 0.434 e. The minimum atomic E-state index is -4.56. The summed E-state index contributed by atoms with van der Waals surface area (Å²) < 4.78 is 168. The Kier molecular flexibility index (Phi) is 27.8. The molecule has 0 saturated carbocycles. The van der Waals surface area contributed by atoms with Crippen molar-refractivity contribution in [1.29, 1.82) is 5.26 Å². The van der Waals surface area contributed by atoms with Crippen LogP contribution >= 0.6 is 11.3 Å². The van der Waals surface area contributed by atoms with Gasteiger partial charge in [0.2, 0.25) is 5.88 Å². The van der Waals surface area contributed by atoms with Gasteiger partial charge in [-0.2, -0.15) is 58.7 Å². The van der Waals surface area contributed by atoms with E-state index in [2.05, 4.69) is 29.5 Å². The molecular weight excluding hydrogens is 1070 g/mol. The van der Waals surface area contributed by atoms with Crippen LogP contribution in [0.4, 0.5) is 62.8 Å². The van der Waals surface area contributed by atoms with Crippen LogP contribution in [0, 0.1) is 33.1 Å². The number of non-ortho nitro benzene ring substituents is 1. The Morgan fingerprint density at radius 3 is 1.69 bits per heavy atom. The van der Waals surface area contributed by atoms with E-state index in [0.717, 1.165) is 35.0 Å². The van der Waals surface area contributed by atoms with E-state index in [4.69, 9.17) is 5.26 Å². The van der Waals surface area contributed by atoms with E-state index in [1.165, 1.54) is 41.8 Å². The van der Waals surface area contributed by atoms with E-state index in [9.17, 15) is 67.2 Å². The zero-order valence-corrected chi connectivity index (χ0v) is 44.8. The first-order valence-corrected chi connectivity index (χ1v) is 24.1. The average molecular weight is 1130 g/mol. The Hall–Kier alpha value is -6.84. The molecule has 6 aromatic rings. The number of rotatable bonds is 11. The highest BCUT2D eigenvalue weighted by atomic mass is 32.1. The minimum absolute atomic E-state index is 0.00303. The lowest BCUT2D eigenvalue weighted by Gasteiger charge is -2.10. The van der Waals surface area contributed by atoms with Gasteiger partial charge in [-0.15, -0.1) is 11.3 Å². The summed E-state index contributed by atoms with van der Waals surface area (Å²) in [6, 6.07) is 16.9. The van der Waals surface area contributed by atoms with Crippen molar-refractivity contribution in [3.05, 3.63) is 157 Å². The van der Waals surface area contributed by atoms with E-state index in [0.29, 0.717) is 46.5 Å². The maximum absolute atomic E-state index is 12.9. The number of pyridine rings is 1. The van der Waals surface area contributed by atoms with Crippen LogP contribution in [-0.4, -0.2) is 49.1 Å². The van der Waals surface area contributed by atoms with Crippen LogP contribution in [-0.2, 0) is 12.4 Å². The molecule has 0 saturated heterocycles. The van der Waals surface area contributed by atoms with Crippen LogP contribution in [0.25, 0.3) is 0 Å². The van der Waals surface area contributed by atoms with Crippen LogP contribution in [0.2, 0.25) is 0 Å². The highest BCUT2D eigenvalue weighted by molar-refractivity contribution is 7.13. The van der Waals surface area contributed by atoms with Crippen LogP contribution in [0.1, 0.15) is 163 Å². The number of ether oxygens (including phenoxy) is 2. The first kappa shape index (κ1) is 68.2. The minimum Gasteiger partial charge on any atom is -0.468 e. The predicted octanol–water partition coefficient (Wildman–Crippen LogP) is 17.4. The molecule has 0 spiro atoms. The lowest BCUT2D eigenvalue weighted by molar-refractivity contribution is -0.385. The van der Waals surface area contributed by atoms with Crippen molar-refractivity contribution in [2.24, 2.45) is 0 Å². The first-order chi connectivity index (χ1) is 35.4. The van der Waals surface area contributed by atoms with Crippen LogP contribution in [0.5, 0.6) is 10.9 Å². The molecule has 0 N–H and O–H groups in total. The fraction of sp³-hybridized carbons (Fsp3) is 0.442. The topological polar surface area (TPSA) is 142 Å². The van der Waals surface area contributed by atoms with Crippen molar-refractivity contribution >= 4 is 17.0 Å². The molecule has 4 aromatic heterocycles. The molecule has 4 heterocycles. The summed E-state index contributed by atoms with van der Waals surface area (Å²) in [4.78, 5) is 21.5. The zero-order valence-electron chi connectivity index (χ0n) is 44.0. The number of nitro groups is 1. The van der Waals surface area contributed by atoms with Crippen LogP contribution < -0.4 is 9.47 Å². The smallest absolute Gasteiger partial charge is 0.434 e. The highest BCUT2D eigenvalue weighted by Gasteiger charge is 2.34. The molecule has 11 nitrogen and oxygen atoms in total. The van der Waals surface area contributed by atoms with Gasteiger partial charge in [0.05, 0.1) is 22.4 Å². The van der Waals surface area contributed by atoms with Gasteiger partial charge >= 0.3 is 25.1 Å². The number of benzene rings is 2. The Bertz CT molecular complexity index is 2710. The molecule has 0 aliphatic carbocycles. The third kappa shape index (κ3) is 26.7. The summed E-state index contributed by atoms with van der Waals surface area (Å²) in [5.41, 5.74) is 0.421. The van der Waals surface area contributed by atoms with Crippen LogP contribution in [0.3, 0.4) is 0 Å². The number of nitrogens with zero attached hydrogens (tertiary/aromatic N) is 7. The molecule has 424 valence electrons. The number of hydrogen-bond acceptors (Lipinski definition) is 10. The molecule has 77 heavy (non-hydrogen) atoms. The summed E-state index contributed by atoms with van der Waals surface area (Å²) in [6.07, 6.45) is -8.03. The van der Waals surface area contributed by atoms with Gasteiger partial charge in [-0.1, -0.05) is 81.4 Å². The molecule has 0 atom stereocenters. The largest absolute Gasteiger partial charge is 0.468 e. The lowest BCUT2D eigenvalue weighted by atomic mass is 10.00. The fourth-order valence-electron chi connectivity index (χ4n) is 5.44. The van der Waals surface area contributed by atoms with Crippen LogP contribution in [0.15, 0.2) is 91.5 Å². The van der Waals surface area contributed by atoms with Gasteiger partial charge in [-0.3, -0.25) is 19.8 Å². The van der Waals surface area contributed by atoms with Gasteiger partial charge in [0.25, 0.3) is 5.69 Å². The molecule has 0 amide bonds. The molecule has 2 aromatic carbocycles. The SMILES string of the molecule is CC(C)c1cc([N+](=O)[O-])cc(C(F)(F)F)c1.CC(C)c1ccc(F)cc1F.CC(C)c1ccc(OC(F)F)s1.CC(C)c1ccc(OCC(F)(F)F)nc1.CC(C)c1cnc(C(F)(F)F)cn1.CC(C)n1ccc(C#N)n1. The Labute approximate surface area is 442 Å². The monoisotopic (exact) mass is 1130 g/mol. The number of hydrogen-bond donors (Lipinski definition) is 0. The lowest BCUT2D eigenvalue weighted by Crippen LogP contribution is -2.19. The van der Waals surface area contributed by atoms with E-state index < -0.39 is 65.2 Å². The third-order valence-corrected chi connectivity index (χ3v) is 11.0. The zero-order chi connectivity index (χ0) is 59.2. The van der Waals surface area contributed by atoms with Gasteiger partial charge in [-0.05, 0) is 90.5 Å². The molecule has 6 rings (SSSR count). The van der Waals surface area contributed by atoms with E-state index in [1.54, 1.807) is 36.7 Å². The molecular formula is C52H60F13N7O4S. The Balaban J connectivity index is 0.000000465. The molecule has 0 unspecified atom stereocenters. The molecule has 0 aliphatic heterocycles. The van der Waals surface area contributed by atoms with Crippen molar-refractivity contribution in [3.63, 3.8) is 0 Å². The molecule has 0 bridgehead atoms. The molecule has 0 radical (unpaired) electrons. The number of aromatic nitrogens is 5. The molecule has 0 aliphatic rings. The van der Waals surface area contributed by atoms with Gasteiger partial charge in [-0.25, -0.2) is 18.7 Å². The van der Waals surface area contributed by atoms with Crippen molar-refractivity contribution in [2.75, 3.05) is 6.61 Å². The summed E-state index contributed by atoms with van der Waals surface area (Å²) in [6.45, 7) is 18.8. The first-order valence-electron chi connectivity index (χ1n) is 23.3. The third-order valence-electron chi connectivity index (χ3n) is 9.72. The van der Waals surface area contributed by atoms with Crippen molar-refractivity contribution in [1.82, 2.24) is 24.7 Å². The Morgan fingerprint density at radius 2 is 1.31 bits per heavy atom. The number of nitriles is 1. The summed E-state index contributed by atoms with van der Waals surface area (Å²) in [5.74, 6) is -0.311. The predicted molar refractivity (Wildman–Crippen MR) is 266 cm³/mol. The van der Waals surface area contributed by atoms with Gasteiger partial charge < -0.3 is 9.47 Å². The van der Waals surface area contributed by atoms with Gasteiger partial charge in [0.1, 0.15) is 17.7 Å². The van der Waals surface area contributed by atoms with Crippen molar-refractivity contribution < 1.29 is 71.5 Å². The van der Waals surface area contributed by atoms with E-state index >= 15 is 0 Å². The van der Waals surface area contributed by atoms with Gasteiger partial charge in [0, 0.05) is 53.8 Å². The molecule has 25 heteroatoms. The van der Waals surface area contributed by atoms with E-state index in [-0.39, 0.29) is 28.7 Å². The summed E-state index contributed by atoms with van der Waals surface area (Å²) in [7, 11) is 0. The average Bonchev–Trinajstić information content (AvgIpc) is 4.02. The fourth-order valence-corrected chi connectivity index (χ4v) is 6.31. The normalized spacial score (nSPS) is 11.4. The number of nitro benzene ring substituents is 1. The second kappa shape index (κ2) is 31.4. The Morgan fingerprint density at radius 1 is 0.688 bits per heavy atom. The van der Waals surface area contributed by atoms with Crippen molar-refractivity contribution in [3.8, 4) is 17.0 Å². The number of thiophene rings is 1. The summed E-state index contributed by atoms with van der Waals surface area (Å²) in [5, 5.41) is 23.2. The number of alkyl halides is 11. The number of halogens is 13. The van der Waals surface area contributed by atoms with Crippen molar-refractivity contribution in [2.45, 2.75) is 144 Å². The van der Waals surface area contributed by atoms with Gasteiger partial charge in [0.15, 0.2) is 23.1 Å². The molecule has 0 fully saturated rings. The second-order valence-electron chi connectivity index (χ2n) is 18.1. The quantitative estimate of drug-likeness (QED) is 0.0704.